The average Bonchev–Trinajstić information content (AvgIpc) is 3.35. The van der Waals surface area contributed by atoms with E-state index >= 15 is 0 Å². The molecular formula is C25H24FN3O4S. The maximum atomic E-state index is 13.5. The van der Waals surface area contributed by atoms with Gasteiger partial charge in [-0.2, -0.15) is 0 Å². The maximum absolute atomic E-state index is 13.5. The summed E-state index contributed by atoms with van der Waals surface area (Å²) in [7, 11) is -3.91. The molecule has 3 aromatic rings. The van der Waals surface area contributed by atoms with Gasteiger partial charge in [-0.05, 0) is 86.0 Å². The van der Waals surface area contributed by atoms with Gasteiger partial charge in [-0.25, -0.2) is 12.8 Å². The van der Waals surface area contributed by atoms with Crippen LogP contribution in [-0.2, 0) is 10.0 Å². The molecule has 0 bridgehead atoms. The minimum Gasteiger partial charge on any atom is -0.339 e. The number of halogens is 1. The van der Waals surface area contributed by atoms with Crippen molar-refractivity contribution in [3.05, 3.63) is 89.2 Å². The van der Waals surface area contributed by atoms with E-state index in [0.717, 1.165) is 32.0 Å². The van der Waals surface area contributed by atoms with Gasteiger partial charge < -0.3 is 10.2 Å². The topological polar surface area (TPSA) is 95.6 Å². The Balaban J connectivity index is 1.43. The van der Waals surface area contributed by atoms with Crippen molar-refractivity contribution in [2.45, 2.75) is 24.7 Å². The highest BCUT2D eigenvalue weighted by Gasteiger charge is 2.20. The van der Waals surface area contributed by atoms with Crippen LogP contribution in [0, 0.1) is 12.7 Å². The second-order valence-corrected chi connectivity index (χ2v) is 9.81. The molecule has 176 valence electrons. The van der Waals surface area contributed by atoms with Crippen LogP contribution in [0.1, 0.15) is 39.1 Å². The Morgan fingerprint density at radius 1 is 0.882 bits per heavy atom. The lowest BCUT2D eigenvalue weighted by Crippen LogP contribution is -2.27. The number of aryl methyl sites for hydroxylation is 1. The number of carbonyl (C=O) groups excluding carboxylic acids is 2. The van der Waals surface area contributed by atoms with Crippen molar-refractivity contribution in [2.24, 2.45) is 0 Å². The largest absolute Gasteiger partial charge is 0.339 e. The third-order valence-electron chi connectivity index (χ3n) is 5.60. The first-order valence-electron chi connectivity index (χ1n) is 10.8. The first-order chi connectivity index (χ1) is 16.2. The van der Waals surface area contributed by atoms with E-state index in [1.807, 2.05) is 0 Å². The van der Waals surface area contributed by atoms with Crippen LogP contribution in [0.4, 0.5) is 15.8 Å². The number of hydrogen-bond acceptors (Lipinski definition) is 4. The minimum atomic E-state index is -3.91. The Bertz CT molecular complexity index is 1330. The predicted molar refractivity (Wildman–Crippen MR) is 128 cm³/mol. The molecule has 0 spiro atoms. The number of carbonyl (C=O) groups is 2. The molecule has 0 saturated carbocycles. The lowest BCUT2D eigenvalue weighted by Gasteiger charge is -2.16. The fourth-order valence-corrected chi connectivity index (χ4v) is 4.87. The molecule has 1 fully saturated rings. The van der Waals surface area contributed by atoms with Crippen molar-refractivity contribution >= 4 is 33.2 Å². The predicted octanol–water partition coefficient (Wildman–Crippen LogP) is 4.42. The molecule has 2 N–H and O–H groups in total. The number of sulfonamides is 1. The molecule has 2 amide bonds. The molecule has 0 atom stereocenters. The van der Waals surface area contributed by atoms with Crippen LogP contribution in [-0.4, -0.2) is 38.2 Å². The van der Waals surface area contributed by atoms with Gasteiger partial charge in [0.05, 0.1) is 4.90 Å². The highest BCUT2D eigenvalue weighted by molar-refractivity contribution is 7.92. The van der Waals surface area contributed by atoms with Gasteiger partial charge in [-0.15, -0.1) is 0 Å². The third kappa shape index (κ3) is 5.26. The molecule has 0 aromatic heterocycles. The summed E-state index contributed by atoms with van der Waals surface area (Å²) in [6, 6.07) is 16.2. The SMILES string of the molecule is Cc1cc(S(=O)(=O)Nc2ccc(C(=O)Nc3cccc(C(=O)N4CCCC4)c3)cc2)ccc1F. The second kappa shape index (κ2) is 9.64. The first kappa shape index (κ1) is 23.4. The molecule has 34 heavy (non-hydrogen) atoms. The van der Waals surface area contributed by atoms with E-state index in [1.54, 1.807) is 29.2 Å². The van der Waals surface area contributed by atoms with Gasteiger partial charge in [0.2, 0.25) is 0 Å². The number of amides is 2. The highest BCUT2D eigenvalue weighted by atomic mass is 32.2. The van der Waals surface area contributed by atoms with Gasteiger partial charge >= 0.3 is 0 Å². The summed E-state index contributed by atoms with van der Waals surface area (Å²) in [5, 5.41) is 2.77. The van der Waals surface area contributed by atoms with Crippen LogP contribution in [0.3, 0.4) is 0 Å². The summed E-state index contributed by atoms with van der Waals surface area (Å²) in [6.07, 6.45) is 2.00. The maximum Gasteiger partial charge on any atom is 0.261 e. The van der Waals surface area contributed by atoms with E-state index in [9.17, 15) is 22.4 Å². The first-order valence-corrected chi connectivity index (χ1v) is 12.3. The zero-order valence-corrected chi connectivity index (χ0v) is 19.4. The smallest absolute Gasteiger partial charge is 0.261 e. The van der Waals surface area contributed by atoms with Gasteiger partial charge in [0.25, 0.3) is 21.8 Å². The lowest BCUT2D eigenvalue weighted by molar-refractivity contribution is 0.0792. The number of hydrogen-bond donors (Lipinski definition) is 2. The Kier molecular flexibility index (Phi) is 6.65. The average molecular weight is 482 g/mol. The summed E-state index contributed by atoms with van der Waals surface area (Å²) in [5.74, 6) is -0.934. The monoisotopic (exact) mass is 481 g/mol. The van der Waals surface area contributed by atoms with Crippen LogP contribution in [0.2, 0.25) is 0 Å². The van der Waals surface area contributed by atoms with Crippen LogP contribution in [0.25, 0.3) is 0 Å². The summed E-state index contributed by atoms with van der Waals surface area (Å²) < 4.78 is 41.0. The lowest BCUT2D eigenvalue weighted by atomic mass is 10.1. The zero-order valence-electron chi connectivity index (χ0n) is 18.5. The molecular weight excluding hydrogens is 457 g/mol. The molecule has 0 aliphatic carbocycles. The van der Waals surface area contributed by atoms with Gasteiger partial charge in [-0.1, -0.05) is 6.07 Å². The zero-order chi connectivity index (χ0) is 24.3. The van der Waals surface area contributed by atoms with E-state index in [4.69, 9.17) is 0 Å². The highest BCUT2D eigenvalue weighted by Crippen LogP contribution is 2.20. The molecule has 7 nitrogen and oxygen atoms in total. The number of benzene rings is 3. The Labute approximate surface area is 197 Å². The van der Waals surface area contributed by atoms with Crippen molar-refractivity contribution < 1.29 is 22.4 Å². The van der Waals surface area contributed by atoms with E-state index in [0.29, 0.717) is 16.8 Å². The molecule has 1 aliphatic rings. The third-order valence-corrected chi connectivity index (χ3v) is 6.98. The number of likely N-dealkylation sites (tertiary alicyclic amines) is 1. The Morgan fingerprint density at radius 3 is 2.26 bits per heavy atom. The van der Waals surface area contributed by atoms with Gasteiger partial charge in [0.15, 0.2) is 0 Å². The molecule has 1 heterocycles. The van der Waals surface area contributed by atoms with E-state index in [1.165, 1.54) is 43.3 Å². The summed E-state index contributed by atoms with van der Waals surface area (Å²) in [6.45, 7) is 2.97. The Hall–Kier alpha value is -3.72. The van der Waals surface area contributed by atoms with Gasteiger partial charge in [0.1, 0.15) is 5.82 Å². The number of nitrogens with zero attached hydrogens (tertiary/aromatic N) is 1. The fourth-order valence-electron chi connectivity index (χ4n) is 3.72. The fraction of sp³-hybridized carbons (Fsp3) is 0.200. The van der Waals surface area contributed by atoms with E-state index in [-0.39, 0.29) is 22.1 Å². The summed E-state index contributed by atoms with van der Waals surface area (Å²) >= 11 is 0. The standard InChI is InChI=1S/C25H24FN3O4S/c1-17-15-22(11-12-23(17)26)34(32,33)28-20-9-7-18(8-10-20)24(30)27-21-6-4-5-19(16-21)25(31)29-13-2-3-14-29/h4-12,15-16,28H,2-3,13-14H2,1H3,(H,27,30). The van der Waals surface area contributed by atoms with Crippen LogP contribution in [0.5, 0.6) is 0 Å². The van der Waals surface area contributed by atoms with Gasteiger partial charge in [-0.3, -0.25) is 14.3 Å². The van der Waals surface area contributed by atoms with E-state index in [2.05, 4.69) is 10.0 Å². The normalized spacial score (nSPS) is 13.5. The van der Waals surface area contributed by atoms with Crippen molar-refractivity contribution in [3.8, 4) is 0 Å². The molecule has 0 unspecified atom stereocenters. The number of nitrogens with one attached hydrogen (secondary N) is 2. The van der Waals surface area contributed by atoms with Crippen LogP contribution < -0.4 is 10.0 Å². The van der Waals surface area contributed by atoms with Crippen molar-refractivity contribution in [3.63, 3.8) is 0 Å². The quantitative estimate of drug-likeness (QED) is 0.545. The number of rotatable bonds is 6. The number of anilines is 2. The van der Waals surface area contributed by atoms with E-state index < -0.39 is 21.7 Å². The molecule has 1 saturated heterocycles. The molecule has 9 heteroatoms. The van der Waals surface area contributed by atoms with Crippen molar-refractivity contribution in [1.29, 1.82) is 0 Å². The van der Waals surface area contributed by atoms with Gasteiger partial charge in [0, 0.05) is 35.6 Å². The van der Waals surface area contributed by atoms with Crippen molar-refractivity contribution in [1.82, 2.24) is 4.90 Å². The molecule has 4 rings (SSSR count). The molecule has 1 aliphatic heterocycles. The minimum absolute atomic E-state index is 0.0541. The summed E-state index contributed by atoms with van der Waals surface area (Å²) in [5.41, 5.74) is 1.81. The van der Waals surface area contributed by atoms with Crippen molar-refractivity contribution in [2.75, 3.05) is 23.1 Å². The Morgan fingerprint density at radius 2 is 1.59 bits per heavy atom. The second-order valence-electron chi connectivity index (χ2n) is 8.13. The summed E-state index contributed by atoms with van der Waals surface area (Å²) in [4.78, 5) is 27.0. The molecule has 3 aromatic carbocycles. The molecule has 0 radical (unpaired) electrons. The van der Waals surface area contributed by atoms with Crippen LogP contribution >= 0.6 is 0 Å². The van der Waals surface area contributed by atoms with Crippen LogP contribution in [0.15, 0.2) is 71.6 Å².